The molecule has 0 saturated carbocycles. The molecular weight excluding hydrogens is 252 g/mol. The van der Waals surface area contributed by atoms with Gasteiger partial charge in [-0.2, -0.15) is 0 Å². The van der Waals surface area contributed by atoms with E-state index in [-0.39, 0.29) is 5.78 Å². The topological polar surface area (TPSA) is 41.6 Å². The number of benzene rings is 1. The largest absolute Gasteiger partial charge is 0.497 e. The Morgan fingerprint density at radius 3 is 2.90 bits per heavy atom. The lowest BCUT2D eigenvalue weighted by molar-refractivity contribution is 0.103. The molecule has 0 saturated heterocycles. The number of rotatable bonds is 6. The smallest absolute Gasteiger partial charge is 0.191 e. The number of carbonyl (C=O) groups excluding carboxylic acids is 1. The molecule has 20 heavy (non-hydrogen) atoms. The number of nitrogens with zero attached hydrogens (tertiary/aromatic N) is 1. The number of ketones is 1. The van der Waals surface area contributed by atoms with Gasteiger partial charge in [0.1, 0.15) is 5.75 Å². The highest BCUT2D eigenvalue weighted by atomic mass is 16.5. The van der Waals surface area contributed by atoms with E-state index in [1.165, 1.54) is 0 Å². The average molecular weight is 274 g/mol. The summed E-state index contributed by atoms with van der Waals surface area (Å²) in [5, 5.41) is 3.24. The molecule has 0 unspecified atom stereocenters. The average Bonchev–Trinajstić information content (AvgIpc) is 2.74. The van der Waals surface area contributed by atoms with E-state index < -0.39 is 0 Å². The molecule has 1 aliphatic carbocycles. The third-order valence-corrected chi connectivity index (χ3v) is 3.44. The molecule has 4 nitrogen and oxygen atoms in total. The zero-order chi connectivity index (χ0) is 14.5. The third kappa shape index (κ3) is 3.39. The van der Waals surface area contributed by atoms with Crippen LogP contribution in [0.5, 0.6) is 5.75 Å². The summed E-state index contributed by atoms with van der Waals surface area (Å²) in [4.78, 5) is 14.4. The van der Waals surface area contributed by atoms with Crippen molar-refractivity contribution < 1.29 is 9.53 Å². The van der Waals surface area contributed by atoms with Crippen molar-refractivity contribution in [2.45, 2.75) is 12.8 Å². The van der Waals surface area contributed by atoms with Gasteiger partial charge < -0.3 is 15.0 Å². The van der Waals surface area contributed by atoms with Crippen LogP contribution in [0.25, 0.3) is 0 Å². The van der Waals surface area contributed by atoms with Gasteiger partial charge in [-0.1, -0.05) is 6.07 Å². The molecule has 1 aliphatic rings. The lowest BCUT2D eigenvalue weighted by atomic mass is 10.1. The molecule has 0 aliphatic heterocycles. The Labute approximate surface area is 120 Å². The first kappa shape index (κ1) is 14.6. The molecule has 2 rings (SSSR count). The molecular formula is C16H22N2O2. The van der Waals surface area contributed by atoms with E-state index >= 15 is 0 Å². The van der Waals surface area contributed by atoms with Crippen molar-refractivity contribution in [2.75, 3.05) is 34.3 Å². The Bertz CT molecular complexity index is 521. The molecule has 0 fully saturated rings. The number of hydrogen-bond acceptors (Lipinski definition) is 4. The summed E-state index contributed by atoms with van der Waals surface area (Å²) in [5.41, 5.74) is 2.68. The van der Waals surface area contributed by atoms with Crippen molar-refractivity contribution in [3.05, 3.63) is 41.1 Å². The van der Waals surface area contributed by atoms with E-state index in [2.05, 4.69) is 24.3 Å². The number of allylic oxidation sites excluding steroid dienone is 1. The summed E-state index contributed by atoms with van der Waals surface area (Å²) >= 11 is 0. The van der Waals surface area contributed by atoms with Gasteiger partial charge in [-0.05, 0) is 44.8 Å². The molecule has 0 spiro atoms. The van der Waals surface area contributed by atoms with Crippen LogP contribution in [0.15, 0.2) is 30.0 Å². The molecule has 0 atom stereocenters. The highest BCUT2D eigenvalue weighted by Crippen LogP contribution is 2.29. The second-order valence-electron chi connectivity index (χ2n) is 5.31. The van der Waals surface area contributed by atoms with Gasteiger partial charge in [-0.25, -0.2) is 0 Å². The van der Waals surface area contributed by atoms with Crippen molar-refractivity contribution in [1.29, 1.82) is 0 Å². The van der Waals surface area contributed by atoms with E-state index in [0.29, 0.717) is 6.42 Å². The molecule has 1 aromatic rings. The zero-order valence-corrected chi connectivity index (χ0v) is 12.4. The van der Waals surface area contributed by atoms with Crippen LogP contribution in [-0.4, -0.2) is 45.0 Å². The number of carbonyl (C=O) groups is 1. The van der Waals surface area contributed by atoms with Crippen LogP contribution in [-0.2, 0) is 6.42 Å². The Hall–Kier alpha value is -1.81. The van der Waals surface area contributed by atoms with Crippen LogP contribution in [0.2, 0.25) is 0 Å². The lowest BCUT2D eigenvalue weighted by Crippen LogP contribution is -2.18. The summed E-state index contributed by atoms with van der Waals surface area (Å²) in [5.74, 6) is 0.844. The summed E-state index contributed by atoms with van der Waals surface area (Å²) < 4.78 is 5.17. The standard InChI is InChI=1S/C16H22N2O2/c1-18(2)8-4-7-17-11-13-9-12-5-6-14(20-3)10-15(12)16(13)19/h5-6,10-11,17H,4,7-9H2,1-3H3/b13-11+. The maximum Gasteiger partial charge on any atom is 0.191 e. The molecule has 0 amide bonds. The van der Waals surface area contributed by atoms with Gasteiger partial charge in [0, 0.05) is 30.3 Å². The van der Waals surface area contributed by atoms with Gasteiger partial charge in [0.05, 0.1) is 7.11 Å². The van der Waals surface area contributed by atoms with Crippen molar-refractivity contribution in [2.24, 2.45) is 0 Å². The molecule has 4 heteroatoms. The Morgan fingerprint density at radius 2 is 2.20 bits per heavy atom. The van der Waals surface area contributed by atoms with Gasteiger partial charge in [0.2, 0.25) is 0 Å². The second-order valence-corrected chi connectivity index (χ2v) is 5.31. The van der Waals surface area contributed by atoms with Gasteiger partial charge in [0.25, 0.3) is 0 Å². The molecule has 0 bridgehead atoms. The van der Waals surface area contributed by atoms with Crippen LogP contribution < -0.4 is 10.1 Å². The number of methoxy groups -OCH3 is 1. The van der Waals surface area contributed by atoms with Gasteiger partial charge in [0.15, 0.2) is 5.78 Å². The Balaban J connectivity index is 1.94. The molecule has 0 radical (unpaired) electrons. The minimum atomic E-state index is 0.110. The second kappa shape index (κ2) is 6.57. The molecule has 0 aromatic heterocycles. The monoisotopic (exact) mass is 274 g/mol. The minimum Gasteiger partial charge on any atom is -0.497 e. The fourth-order valence-electron chi connectivity index (χ4n) is 2.32. The first-order valence-electron chi connectivity index (χ1n) is 6.90. The highest BCUT2D eigenvalue weighted by Gasteiger charge is 2.25. The predicted molar refractivity (Wildman–Crippen MR) is 80.3 cm³/mol. The highest BCUT2D eigenvalue weighted by molar-refractivity contribution is 6.13. The van der Waals surface area contributed by atoms with Crippen LogP contribution in [0.3, 0.4) is 0 Å². The summed E-state index contributed by atoms with van der Waals surface area (Å²) in [6.45, 7) is 1.93. The van der Waals surface area contributed by atoms with Gasteiger partial charge in [-0.15, -0.1) is 0 Å². The quantitative estimate of drug-likeness (QED) is 0.635. The minimum absolute atomic E-state index is 0.110. The van der Waals surface area contributed by atoms with Crippen molar-refractivity contribution in [3.63, 3.8) is 0 Å². The van der Waals surface area contributed by atoms with E-state index in [1.807, 2.05) is 24.4 Å². The zero-order valence-electron chi connectivity index (χ0n) is 12.4. The number of ether oxygens (including phenoxy) is 1. The van der Waals surface area contributed by atoms with Crippen LogP contribution in [0.4, 0.5) is 0 Å². The van der Waals surface area contributed by atoms with Crippen LogP contribution in [0, 0.1) is 0 Å². The molecule has 1 aromatic carbocycles. The summed E-state index contributed by atoms with van der Waals surface area (Å²) in [6, 6.07) is 5.70. The first-order chi connectivity index (χ1) is 9.61. The fraction of sp³-hybridized carbons (Fsp3) is 0.438. The Kier molecular flexibility index (Phi) is 4.79. The Morgan fingerprint density at radius 1 is 1.40 bits per heavy atom. The predicted octanol–water partition coefficient (Wildman–Crippen LogP) is 1.86. The van der Waals surface area contributed by atoms with E-state index in [0.717, 1.165) is 42.0 Å². The summed E-state index contributed by atoms with van der Waals surface area (Å²) in [7, 11) is 5.73. The van der Waals surface area contributed by atoms with Crippen LogP contribution >= 0.6 is 0 Å². The van der Waals surface area contributed by atoms with Crippen molar-refractivity contribution >= 4 is 5.78 Å². The van der Waals surface area contributed by atoms with Crippen molar-refractivity contribution in [3.8, 4) is 5.75 Å². The van der Waals surface area contributed by atoms with E-state index in [4.69, 9.17) is 4.74 Å². The number of hydrogen-bond donors (Lipinski definition) is 1. The molecule has 0 heterocycles. The maximum absolute atomic E-state index is 12.3. The van der Waals surface area contributed by atoms with E-state index in [1.54, 1.807) is 7.11 Å². The van der Waals surface area contributed by atoms with Gasteiger partial charge in [-0.3, -0.25) is 4.79 Å². The first-order valence-corrected chi connectivity index (χ1v) is 6.90. The maximum atomic E-state index is 12.3. The van der Waals surface area contributed by atoms with Gasteiger partial charge >= 0.3 is 0 Å². The molecule has 108 valence electrons. The number of fused-ring (bicyclic) bond motifs is 1. The normalized spacial score (nSPS) is 15.8. The van der Waals surface area contributed by atoms with E-state index in [9.17, 15) is 4.79 Å². The van der Waals surface area contributed by atoms with Crippen molar-refractivity contribution in [1.82, 2.24) is 10.2 Å². The number of nitrogens with one attached hydrogen (secondary N) is 1. The SMILES string of the molecule is COc1ccc2c(c1)C(=O)/C(=C/NCCCN(C)C)C2. The summed E-state index contributed by atoms with van der Waals surface area (Å²) in [6.07, 6.45) is 3.63. The third-order valence-electron chi connectivity index (χ3n) is 3.44. The number of Topliss-reactive ketones (excluding diaryl/α,β-unsaturated/α-hetero) is 1. The lowest BCUT2D eigenvalue weighted by Gasteiger charge is -2.08. The van der Waals surface area contributed by atoms with Crippen LogP contribution in [0.1, 0.15) is 22.3 Å². The molecule has 1 N–H and O–H groups in total. The fourth-order valence-corrected chi connectivity index (χ4v) is 2.32.